The van der Waals surface area contributed by atoms with Crippen molar-refractivity contribution in [3.05, 3.63) is 42.0 Å². The molecule has 0 aromatic heterocycles. The molecule has 2 aliphatic rings. The minimum atomic E-state index is 0.101. The highest BCUT2D eigenvalue weighted by atomic mass is 16.2. The van der Waals surface area contributed by atoms with Crippen molar-refractivity contribution < 1.29 is 9.59 Å². The summed E-state index contributed by atoms with van der Waals surface area (Å²) in [5.74, 6) is 0.319. The number of amides is 2. The van der Waals surface area contributed by atoms with Crippen LogP contribution in [0.5, 0.6) is 0 Å². The van der Waals surface area contributed by atoms with E-state index in [9.17, 15) is 9.59 Å². The summed E-state index contributed by atoms with van der Waals surface area (Å²) in [5, 5.41) is 0. The largest absolute Gasteiger partial charge is 0.339 e. The van der Waals surface area contributed by atoms with Crippen LogP contribution >= 0.6 is 0 Å². The Morgan fingerprint density at radius 1 is 0.857 bits per heavy atom. The highest BCUT2D eigenvalue weighted by Crippen LogP contribution is 2.08. The van der Waals surface area contributed by atoms with Gasteiger partial charge in [-0.3, -0.25) is 14.5 Å². The quantitative estimate of drug-likeness (QED) is 0.744. The summed E-state index contributed by atoms with van der Waals surface area (Å²) in [7, 11) is 0. The molecule has 0 N–H and O–H groups in total. The first kappa shape index (κ1) is 20.6. The van der Waals surface area contributed by atoms with Gasteiger partial charge in [0.25, 0.3) is 0 Å². The van der Waals surface area contributed by atoms with E-state index in [2.05, 4.69) is 46.2 Å². The van der Waals surface area contributed by atoms with Crippen molar-refractivity contribution in [2.75, 3.05) is 65.4 Å². The molecule has 2 heterocycles. The SMILES string of the molecule is CC(=O)N1CCN(C(=O)CCN2CCN(C/C=C/c3ccccc3)CC2)CC1. The van der Waals surface area contributed by atoms with E-state index in [0.717, 1.165) is 39.3 Å². The standard InChI is InChI=1S/C22H32N4O2/c1-20(27)25-16-18-26(19-17-25)22(28)9-11-24-14-12-23(13-15-24)10-5-8-21-6-3-2-4-7-21/h2-8H,9-19H2,1H3/b8-5+. The van der Waals surface area contributed by atoms with Crippen LogP contribution in [-0.4, -0.2) is 96.9 Å². The number of nitrogens with zero attached hydrogens (tertiary/aromatic N) is 4. The van der Waals surface area contributed by atoms with Crippen LogP contribution in [0.1, 0.15) is 18.9 Å². The third-order valence-electron chi connectivity index (χ3n) is 5.66. The van der Waals surface area contributed by atoms with Gasteiger partial charge >= 0.3 is 0 Å². The van der Waals surface area contributed by atoms with E-state index in [1.165, 1.54) is 5.56 Å². The van der Waals surface area contributed by atoms with E-state index in [1.807, 2.05) is 15.9 Å². The molecule has 0 spiro atoms. The second-order valence-electron chi connectivity index (χ2n) is 7.59. The summed E-state index contributed by atoms with van der Waals surface area (Å²) >= 11 is 0. The maximum Gasteiger partial charge on any atom is 0.223 e. The Bertz CT molecular complexity index is 660. The van der Waals surface area contributed by atoms with Crippen molar-refractivity contribution in [2.24, 2.45) is 0 Å². The highest BCUT2D eigenvalue weighted by Gasteiger charge is 2.23. The molecule has 0 unspecified atom stereocenters. The average molecular weight is 385 g/mol. The monoisotopic (exact) mass is 384 g/mol. The molecular weight excluding hydrogens is 352 g/mol. The Labute approximate surface area is 168 Å². The molecular formula is C22H32N4O2. The zero-order valence-electron chi connectivity index (χ0n) is 16.9. The summed E-state index contributed by atoms with van der Waals surface area (Å²) in [5.41, 5.74) is 1.24. The number of piperazine rings is 2. The molecule has 0 radical (unpaired) electrons. The van der Waals surface area contributed by atoms with Gasteiger partial charge in [0.1, 0.15) is 0 Å². The lowest BCUT2D eigenvalue weighted by Gasteiger charge is -2.36. The Balaban J connectivity index is 1.31. The Morgan fingerprint density at radius 3 is 2.11 bits per heavy atom. The van der Waals surface area contributed by atoms with E-state index in [-0.39, 0.29) is 11.8 Å². The number of hydrogen-bond acceptors (Lipinski definition) is 4. The molecule has 2 amide bonds. The van der Waals surface area contributed by atoms with Gasteiger partial charge in [-0.05, 0) is 5.56 Å². The molecule has 0 saturated carbocycles. The predicted octanol–water partition coefficient (Wildman–Crippen LogP) is 1.40. The van der Waals surface area contributed by atoms with Crippen molar-refractivity contribution in [1.29, 1.82) is 0 Å². The predicted molar refractivity (Wildman–Crippen MR) is 112 cm³/mol. The first-order valence-electron chi connectivity index (χ1n) is 10.3. The van der Waals surface area contributed by atoms with Gasteiger partial charge in [-0.15, -0.1) is 0 Å². The van der Waals surface area contributed by atoms with E-state index in [0.29, 0.717) is 32.6 Å². The number of rotatable bonds is 6. The lowest BCUT2D eigenvalue weighted by molar-refractivity contribution is -0.138. The van der Waals surface area contributed by atoms with Crippen molar-refractivity contribution in [3.63, 3.8) is 0 Å². The second kappa shape index (κ2) is 10.4. The molecule has 28 heavy (non-hydrogen) atoms. The first-order valence-corrected chi connectivity index (χ1v) is 10.3. The van der Waals surface area contributed by atoms with Crippen molar-refractivity contribution >= 4 is 17.9 Å². The van der Waals surface area contributed by atoms with E-state index >= 15 is 0 Å². The minimum absolute atomic E-state index is 0.101. The van der Waals surface area contributed by atoms with Gasteiger partial charge in [0.05, 0.1) is 0 Å². The van der Waals surface area contributed by atoms with Gasteiger partial charge in [-0.2, -0.15) is 0 Å². The van der Waals surface area contributed by atoms with Crippen LogP contribution in [0.2, 0.25) is 0 Å². The van der Waals surface area contributed by atoms with Gasteiger partial charge in [-0.1, -0.05) is 42.5 Å². The third-order valence-corrected chi connectivity index (χ3v) is 5.66. The zero-order chi connectivity index (χ0) is 19.8. The minimum Gasteiger partial charge on any atom is -0.339 e. The van der Waals surface area contributed by atoms with Crippen LogP contribution in [0, 0.1) is 0 Å². The first-order chi connectivity index (χ1) is 13.6. The van der Waals surface area contributed by atoms with Crippen molar-refractivity contribution in [1.82, 2.24) is 19.6 Å². The Morgan fingerprint density at radius 2 is 1.46 bits per heavy atom. The molecule has 3 rings (SSSR count). The Hall–Kier alpha value is -2.18. The van der Waals surface area contributed by atoms with Gasteiger partial charge in [-0.25, -0.2) is 0 Å². The van der Waals surface area contributed by atoms with Gasteiger partial charge in [0.15, 0.2) is 0 Å². The zero-order valence-corrected chi connectivity index (χ0v) is 16.9. The van der Waals surface area contributed by atoms with Gasteiger partial charge in [0, 0.05) is 78.8 Å². The summed E-state index contributed by atoms with van der Waals surface area (Å²) in [4.78, 5) is 32.4. The summed E-state index contributed by atoms with van der Waals surface area (Å²) in [6, 6.07) is 10.4. The van der Waals surface area contributed by atoms with Gasteiger partial charge in [0.2, 0.25) is 11.8 Å². The van der Waals surface area contributed by atoms with E-state index in [4.69, 9.17) is 0 Å². The molecule has 0 atom stereocenters. The molecule has 2 fully saturated rings. The van der Waals surface area contributed by atoms with Crippen LogP contribution in [0.4, 0.5) is 0 Å². The number of carbonyl (C=O) groups is 2. The van der Waals surface area contributed by atoms with E-state index in [1.54, 1.807) is 6.92 Å². The van der Waals surface area contributed by atoms with E-state index < -0.39 is 0 Å². The highest BCUT2D eigenvalue weighted by molar-refractivity contribution is 5.77. The summed E-state index contributed by atoms with van der Waals surface area (Å²) in [6.07, 6.45) is 4.99. The molecule has 1 aromatic carbocycles. The maximum atomic E-state index is 12.4. The smallest absolute Gasteiger partial charge is 0.223 e. The van der Waals surface area contributed by atoms with Crippen LogP contribution in [0.25, 0.3) is 6.08 Å². The number of hydrogen-bond donors (Lipinski definition) is 0. The lowest BCUT2D eigenvalue weighted by Crippen LogP contribution is -2.51. The van der Waals surface area contributed by atoms with Crippen LogP contribution in [0.15, 0.2) is 36.4 Å². The van der Waals surface area contributed by atoms with Crippen LogP contribution < -0.4 is 0 Å². The maximum absolute atomic E-state index is 12.4. The molecule has 6 heteroatoms. The molecule has 0 bridgehead atoms. The molecule has 0 aliphatic carbocycles. The fourth-order valence-corrected chi connectivity index (χ4v) is 3.78. The number of benzene rings is 1. The number of carbonyl (C=O) groups excluding carboxylic acids is 2. The lowest BCUT2D eigenvalue weighted by atomic mass is 10.2. The molecule has 2 aliphatic heterocycles. The summed E-state index contributed by atoms with van der Waals surface area (Å²) in [6.45, 7) is 10.2. The summed E-state index contributed by atoms with van der Waals surface area (Å²) < 4.78 is 0. The third kappa shape index (κ3) is 6.17. The fraction of sp³-hybridized carbons (Fsp3) is 0.545. The van der Waals surface area contributed by atoms with Crippen LogP contribution in [0.3, 0.4) is 0 Å². The molecule has 1 aromatic rings. The van der Waals surface area contributed by atoms with Crippen LogP contribution in [-0.2, 0) is 9.59 Å². The Kier molecular flexibility index (Phi) is 7.62. The van der Waals surface area contributed by atoms with Crippen molar-refractivity contribution in [3.8, 4) is 0 Å². The topological polar surface area (TPSA) is 47.1 Å². The average Bonchev–Trinajstić information content (AvgIpc) is 2.74. The molecule has 152 valence electrons. The normalized spacial score (nSPS) is 19.3. The molecule has 6 nitrogen and oxygen atoms in total. The second-order valence-corrected chi connectivity index (χ2v) is 7.59. The van der Waals surface area contributed by atoms with Gasteiger partial charge < -0.3 is 14.7 Å². The molecule has 2 saturated heterocycles. The van der Waals surface area contributed by atoms with Crippen molar-refractivity contribution in [2.45, 2.75) is 13.3 Å². The fourth-order valence-electron chi connectivity index (χ4n) is 3.78.